The molecule has 0 saturated heterocycles. The zero-order valence-corrected chi connectivity index (χ0v) is 9.63. The van der Waals surface area contributed by atoms with Crippen molar-refractivity contribution in [3.63, 3.8) is 0 Å². The first-order valence-corrected chi connectivity index (χ1v) is 5.72. The van der Waals surface area contributed by atoms with Gasteiger partial charge in [0.15, 0.2) is 0 Å². The maximum atomic E-state index is 5.48. The van der Waals surface area contributed by atoms with E-state index in [1.54, 1.807) is 31.1 Å². The van der Waals surface area contributed by atoms with Crippen LogP contribution >= 0.6 is 11.8 Å². The molecule has 84 valence electrons. The van der Waals surface area contributed by atoms with Gasteiger partial charge in [0.25, 0.3) is 0 Å². The third-order valence-corrected chi connectivity index (χ3v) is 2.63. The Morgan fingerprint density at radius 1 is 1.33 bits per heavy atom. The Morgan fingerprint density at radius 2 is 2.20 bits per heavy atom. The van der Waals surface area contributed by atoms with E-state index in [1.165, 1.54) is 0 Å². The Bertz CT molecular complexity index is 267. The maximum absolute atomic E-state index is 5.48. The molecule has 1 aromatic heterocycles. The highest BCUT2D eigenvalue weighted by Crippen LogP contribution is 2.16. The highest BCUT2D eigenvalue weighted by Gasteiger charge is 1.94. The van der Waals surface area contributed by atoms with E-state index in [0.29, 0.717) is 19.0 Å². The predicted octanol–water partition coefficient (Wildman–Crippen LogP) is 1.42. The molecule has 2 N–H and O–H groups in total. The monoisotopic (exact) mass is 228 g/mol. The van der Waals surface area contributed by atoms with Gasteiger partial charge in [-0.2, -0.15) is 0 Å². The number of nitrogens with zero attached hydrogens (tertiary/aromatic N) is 1. The summed E-state index contributed by atoms with van der Waals surface area (Å²) in [6.07, 6.45) is 1.77. The second-order valence-corrected chi connectivity index (χ2v) is 4.04. The van der Waals surface area contributed by atoms with Crippen LogP contribution in [0, 0.1) is 0 Å². The molecule has 0 radical (unpaired) electrons. The molecule has 0 saturated carbocycles. The first-order valence-electron chi connectivity index (χ1n) is 4.74. The molecule has 4 nitrogen and oxygen atoms in total. The molecular formula is C10H16N2O2S. The number of rotatable bonds is 7. The molecule has 5 heteroatoms. The van der Waals surface area contributed by atoms with Gasteiger partial charge >= 0.3 is 0 Å². The molecule has 0 fully saturated rings. The van der Waals surface area contributed by atoms with Crippen molar-refractivity contribution in [1.29, 1.82) is 0 Å². The lowest BCUT2D eigenvalue weighted by Gasteiger charge is -2.03. The van der Waals surface area contributed by atoms with Crippen molar-refractivity contribution >= 4 is 17.6 Å². The van der Waals surface area contributed by atoms with Gasteiger partial charge in [-0.25, -0.2) is 4.98 Å². The first kappa shape index (κ1) is 12.3. The second kappa shape index (κ2) is 7.50. The van der Waals surface area contributed by atoms with E-state index in [-0.39, 0.29) is 0 Å². The smallest absolute Gasteiger partial charge is 0.123 e. The summed E-state index contributed by atoms with van der Waals surface area (Å²) in [5.74, 6) is 1.46. The Morgan fingerprint density at radius 3 is 2.87 bits per heavy atom. The normalized spacial score (nSPS) is 10.5. The lowest BCUT2D eigenvalue weighted by Crippen LogP contribution is -2.04. The van der Waals surface area contributed by atoms with E-state index in [4.69, 9.17) is 15.2 Å². The third-order valence-electron chi connectivity index (χ3n) is 1.69. The Hall–Kier alpha value is -0.780. The van der Waals surface area contributed by atoms with Crippen molar-refractivity contribution in [2.75, 3.05) is 38.4 Å². The Labute approximate surface area is 94.2 Å². The van der Waals surface area contributed by atoms with Gasteiger partial charge in [0, 0.05) is 24.0 Å². The van der Waals surface area contributed by atoms with E-state index in [0.717, 1.165) is 17.3 Å². The average molecular weight is 228 g/mol. The van der Waals surface area contributed by atoms with Crippen molar-refractivity contribution in [3.8, 4) is 0 Å². The van der Waals surface area contributed by atoms with Gasteiger partial charge in [-0.05, 0) is 12.1 Å². The van der Waals surface area contributed by atoms with E-state index in [2.05, 4.69) is 4.98 Å². The maximum Gasteiger partial charge on any atom is 0.123 e. The third kappa shape index (κ3) is 5.61. The van der Waals surface area contributed by atoms with Crippen LogP contribution in [0.15, 0.2) is 23.2 Å². The van der Waals surface area contributed by atoms with Crippen molar-refractivity contribution < 1.29 is 9.47 Å². The van der Waals surface area contributed by atoms with Crippen molar-refractivity contribution in [2.45, 2.75) is 4.90 Å². The standard InChI is InChI=1S/C10H16N2O2S/c1-13-4-5-14-6-7-15-9-2-3-10(11)12-8-9/h2-3,8H,4-7H2,1H3,(H2,11,12). The minimum atomic E-state index is 0.552. The number of thioether (sulfide) groups is 1. The minimum Gasteiger partial charge on any atom is -0.384 e. The van der Waals surface area contributed by atoms with Crippen molar-refractivity contribution in [3.05, 3.63) is 18.3 Å². The molecule has 0 aliphatic heterocycles. The van der Waals surface area contributed by atoms with Crippen LogP contribution in [-0.4, -0.2) is 37.7 Å². The summed E-state index contributed by atoms with van der Waals surface area (Å²) in [6, 6.07) is 3.76. The molecule has 0 amide bonds. The number of hydrogen-bond acceptors (Lipinski definition) is 5. The van der Waals surface area contributed by atoms with Crippen LogP contribution in [0.25, 0.3) is 0 Å². The molecule has 0 aliphatic rings. The number of methoxy groups -OCH3 is 1. The molecule has 0 bridgehead atoms. The lowest BCUT2D eigenvalue weighted by molar-refractivity contribution is 0.0790. The molecule has 1 aromatic rings. The fourth-order valence-corrected chi connectivity index (χ4v) is 1.67. The molecular weight excluding hydrogens is 212 g/mol. The zero-order valence-electron chi connectivity index (χ0n) is 8.81. The first-order chi connectivity index (χ1) is 7.33. The van der Waals surface area contributed by atoms with Crippen molar-refractivity contribution in [1.82, 2.24) is 4.98 Å². The molecule has 15 heavy (non-hydrogen) atoms. The Kier molecular flexibility index (Phi) is 6.15. The molecule has 0 aromatic carbocycles. The number of aromatic nitrogens is 1. The fraction of sp³-hybridized carbons (Fsp3) is 0.500. The van der Waals surface area contributed by atoms with Crippen LogP contribution < -0.4 is 5.73 Å². The molecule has 0 spiro atoms. The van der Waals surface area contributed by atoms with Crippen LogP contribution in [0.2, 0.25) is 0 Å². The van der Waals surface area contributed by atoms with E-state index >= 15 is 0 Å². The van der Waals surface area contributed by atoms with E-state index in [9.17, 15) is 0 Å². The van der Waals surface area contributed by atoms with Gasteiger partial charge in [-0.15, -0.1) is 11.8 Å². The number of anilines is 1. The number of pyridine rings is 1. The molecule has 0 atom stereocenters. The summed E-state index contributed by atoms with van der Waals surface area (Å²) in [7, 11) is 1.66. The topological polar surface area (TPSA) is 57.4 Å². The number of nitrogen functional groups attached to an aromatic ring is 1. The highest BCUT2D eigenvalue weighted by molar-refractivity contribution is 7.99. The van der Waals surface area contributed by atoms with Gasteiger partial charge < -0.3 is 15.2 Å². The molecule has 1 rings (SSSR count). The summed E-state index contributed by atoms with van der Waals surface area (Å²) in [6.45, 7) is 2.02. The Balaban J connectivity index is 2.07. The molecule has 0 aliphatic carbocycles. The average Bonchev–Trinajstić information content (AvgIpc) is 2.26. The van der Waals surface area contributed by atoms with Gasteiger partial charge in [0.05, 0.1) is 19.8 Å². The second-order valence-electron chi connectivity index (χ2n) is 2.87. The van der Waals surface area contributed by atoms with Crippen LogP contribution in [0.3, 0.4) is 0 Å². The van der Waals surface area contributed by atoms with Gasteiger partial charge in [-0.1, -0.05) is 0 Å². The zero-order chi connectivity index (χ0) is 10.9. The number of hydrogen-bond donors (Lipinski definition) is 1. The van der Waals surface area contributed by atoms with Crippen LogP contribution in [0.1, 0.15) is 0 Å². The highest BCUT2D eigenvalue weighted by atomic mass is 32.2. The largest absolute Gasteiger partial charge is 0.384 e. The van der Waals surface area contributed by atoms with Crippen LogP contribution in [0.4, 0.5) is 5.82 Å². The minimum absolute atomic E-state index is 0.552. The predicted molar refractivity (Wildman–Crippen MR) is 62.1 cm³/mol. The summed E-state index contributed by atoms with van der Waals surface area (Å²) < 4.78 is 10.2. The van der Waals surface area contributed by atoms with E-state index in [1.807, 2.05) is 6.07 Å². The number of nitrogens with two attached hydrogens (primary N) is 1. The van der Waals surface area contributed by atoms with Crippen LogP contribution in [0.5, 0.6) is 0 Å². The summed E-state index contributed by atoms with van der Waals surface area (Å²) in [4.78, 5) is 5.11. The summed E-state index contributed by atoms with van der Waals surface area (Å²) in [5.41, 5.74) is 5.48. The summed E-state index contributed by atoms with van der Waals surface area (Å²) >= 11 is 1.70. The summed E-state index contributed by atoms with van der Waals surface area (Å²) in [5, 5.41) is 0. The molecule has 1 heterocycles. The lowest BCUT2D eigenvalue weighted by atomic mass is 10.5. The fourth-order valence-electron chi connectivity index (χ4n) is 0.940. The quantitative estimate of drug-likeness (QED) is 0.565. The van der Waals surface area contributed by atoms with Gasteiger partial charge in [-0.3, -0.25) is 0 Å². The van der Waals surface area contributed by atoms with Crippen molar-refractivity contribution in [2.24, 2.45) is 0 Å². The van der Waals surface area contributed by atoms with Crippen LogP contribution in [-0.2, 0) is 9.47 Å². The number of ether oxygens (including phenoxy) is 2. The van der Waals surface area contributed by atoms with E-state index < -0.39 is 0 Å². The van der Waals surface area contributed by atoms with Gasteiger partial charge in [0.1, 0.15) is 5.82 Å². The molecule has 0 unspecified atom stereocenters. The SMILES string of the molecule is COCCOCCSc1ccc(N)nc1. The van der Waals surface area contributed by atoms with Gasteiger partial charge in [0.2, 0.25) is 0 Å².